The molecule has 0 bridgehead atoms. The molecule has 0 spiro atoms. The van der Waals surface area contributed by atoms with Crippen LogP contribution < -0.4 is 0 Å². The Kier molecular flexibility index (Phi) is 5.47. The number of epoxide rings is 1. The highest BCUT2D eigenvalue weighted by molar-refractivity contribution is 6.05. The molecule has 5 rings (SSSR count). The standard InChI is InChI=1S/C27H32O9/c1-13(2)24(32)11-15(4)26(33)17-10-14(3)19(29)27(17,34)23(31)25(12-28)21(36-25)18(26)20(24)35-22(30)16-8-6-5-7-9-16/h5-10,15,17-18,20-21,23,28,31-34H,1,11-12H2,2-4H3/t15-,17+,18-,20-,21+,23-,24-,25+,26+,27-/m1/s1. The maximum absolute atomic E-state index is 13.2. The van der Waals surface area contributed by atoms with Gasteiger partial charge in [0.15, 0.2) is 11.4 Å². The normalized spacial score (nSPS) is 47.1. The molecule has 0 unspecified atom stereocenters. The molecule has 36 heavy (non-hydrogen) atoms. The van der Waals surface area contributed by atoms with Crippen LogP contribution in [0, 0.1) is 17.8 Å². The molecule has 9 heteroatoms. The van der Waals surface area contributed by atoms with Crippen LogP contribution in [0.2, 0.25) is 0 Å². The second kappa shape index (κ2) is 7.80. The number of benzene rings is 1. The Morgan fingerprint density at radius 1 is 1.22 bits per heavy atom. The number of ether oxygens (including phenoxy) is 2. The van der Waals surface area contributed by atoms with Crippen molar-refractivity contribution in [1.82, 2.24) is 0 Å². The number of Topliss-reactive ketones (excluding diaryl/α,β-unsaturated/α-hetero) is 1. The summed E-state index contributed by atoms with van der Waals surface area (Å²) in [6.07, 6.45) is -3.13. The topological polar surface area (TPSA) is 157 Å². The van der Waals surface area contributed by atoms with Crippen LogP contribution in [0.1, 0.15) is 37.6 Å². The predicted octanol–water partition coefficient (Wildman–Crippen LogP) is 0.287. The molecular weight excluding hydrogens is 468 g/mol. The Morgan fingerprint density at radius 2 is 1.86 bits per heavy atom. The minimum Gasteiger partial charge on any atom is -0.455 e. The van der Waals surface area contributed by atoms with Crippen molar-refractivity contribution in [3.05, 3.63) is 59.7 Å². The first-order chi connectivity index (χ1) is 16.8. The summed E-state index contributed by atoms with van der Waals surface area (Å²) in [6.45, 7) is 7.86. The molecular formula is C27H32O9. The number of rotatable bonds is 4. The third kappa shape index (κ3) is 2.92. The number of hydrogen-bond donors (Lipinski definition) is 5. The van der Waals surface area contributed by atoms with E-state index in [-0.39, 0.29) is 23.1 Å². The summed E-state index contributed by atoms with van der Waals surface area (Å²) >= 11 is 0. The summed E-state index contributed by atoms with van der Waals surface area (Å²) in [5, 5.41) is 57.6. The summed E-state index contributed by atoms with van der Waals surface area (Å²) in [6, 6.07) is 8.13. The third-order valence-corrected chi connectivity index (χ3v) is 9.05. The Balaban J connectivity index is 1.71. The summed E-state index contributed by atoms with van der Waals surface area (Å²) in [4.78, 5) is 26.4. The van der Waals surface area contributed by atoms with Gasteiger partial charge >= 0.3 is 5.97 Å². The molecule has 2 saturated carbocycles. The molecule has 1 aromatic carbocycles. The van der Waals surface area contributed by atoms with Gasteiger partial charge in [0, 0.05) is 5.92 Å². The van der Waals surface area contributed by atoms with Crippen LogP contribution in [-0.4, -0.2) is 84.6 Å². The average Bonchev–Trinajstić information content (AvgIpc) is 3.54. The lowest BCUT2D eigenvalue weighted by molar-refractivity contribution is -0.247. The number of hydrogen-bond acceptors (Lipinski definition) is 9. The SMILES string of the molecule is C=C(C)[C@]1(O)C[C@@H](C)[C@@]2(O)[C@H]([C@H]1OC(=O)c1ccccc1)[C@@H]1O[C@]1(CO)[C@@H](O)[C@]1(O)C(=O)C(C)=C[C@H]12. The van der Waals surface area contributed by atoms with Crippen molar-refractivity contribution in [1.29, 1.82) is 0 Å². The second-order valence-corrected chi connectivity index (χ2v) is 11.0. The first-order valence-electron chi connectivity index (χ1n) is 12.1. The van der Waals surface area contributed by atoms with E-state index in [1.165, 1.54) is 13.0 Å². The molecule has 9 nitrogen and oxygen atoms in total. The number of aliphatic hydroxyl groups is 5. The van der Waals surface area contributed by atoms with Gasteiger partial charge in [-0.2, -0.15) is 0 Å². The lowest BCUT2D eigenvalue weighted by atomic mass is 9.54. The van der Waals surface area contributed by atoms with E-state index in [0.717, 1.165) is 0 Å². The van der Waals surface area contributed by atoms with Gasteiger partial charge in [0.2, 0.25) is 0 Å². The molecule has 0 amide bonds. The maximum Gasteiger partial charge on any atom is 0.338 e. The van der Waals surface area contributed by atoms with Crippen LogP contribution in [0.15, 0.2) is 54.1 Å². The van der Waals surface area contributed by atoms with Gasteiger partial charge in [-0.05, 0) is 49.5 Å². The van der Waals surface area contributed by atoms with Gasteiger partial charge in [-0.15, -0.1) is 0 Å². The van der Waals surface area contributed by atoms with E-state index in [1.807, 2.05) is 0 Å². The Hall–Kier alpha value is -2.40. The monoisotopic (exact) mass is 500 g/mol. The number of carbonyl (C=O) groups is 2. The highest BCUT2D eigenvalue weighted by atomic mass is 16.6. The van der Waals surface area contributed by atoms with Crippen molar-refractivity contribution in [2.24, 2.45) is 17.8 Å². The van der Waals surface area contributed by atoms with Crippen molar-refractivity contribution in [2.75, 3.05) is 6.61 Å². The first kappa shape index (κ1) is 25.3. The summed E-state index contributed by atoms with van der Waals surface area (Å²) in [7, 11) is 0. The van der Waals surface area contributed by atoms with Gasteiger partial charge in [-0.3, -0.25) is 4.79 Å². The molecule has 0 radical (unpaired) electrons. The van der Waals surface area contributed by atoms with Gasteiger partial charge in [-0.25, -0.2) is 4.79 Å². The quantitative estimate of drug-likeness (QED) is 0.223. The van der Waals surface area contributed by atoms with Crippen molar-refractivity contribution in [3.63, 3.8) is 0 Å². The average molecular weight is 501 g/mol. The maximum atomic E-state index is 13.2. The fourth-order valence-electron chi connectivity index (χ4n) is 6.95. The van der Waals surface area contributed by atoms with E-state index in [1.54, 1.807) is 44.2 Å². The molecule has 1 aromatic rings. The predicted molar refractivity (Wildman–Crippen MR) is 126 cm³/mol. The largest absolute Gasteiger partial charge is 0.455 e. The van der Waals surface area contributed by atoms with Crippen molar-refractivity contribution in [3.8, 4) is 0 Å². The molecule has 5 N–H and O–H groups in total. The molecule has 1 saturated heterocycles. The summed E-state index contributed by atoms with van der Waals surface area (Å²) in [5.74, 6) is -4.84. The number of fused-ring (bicyclic) bond motifs is 5. The van der Waals surface area contributed by atoms with Crippen LogP contribution in [0.5, 0.6) is 0 Å². The molecule has 3 aliphatic carbocycles. The van der Waals surface area contributed by atoms with Crippen molar-refractivity contribution < 1.29 is 44.6 Å². The second-order valence-electron chi connectivity index (χ2n) is 11.0. The van der Waals surface area contributed by atoms with E-state index in [2.05, 4.69) is 6.58 Å². The van der Waals surface area contributed by atoms with E-state index < -0.39 is 76.8 Å². The van der Waals surface area contributed by atoms with Crippen LogP contribution >= 0.6 is 0 Å². The summed E-state index contributed by atoms with van der Waals surface area (Å²) in [5.41, 5.74) is -7.41. The van der Waals surface area contributed by atoms with Crippen LogP contribution in [0.3, 0.4) is 0 Å². The van der Waals surface area contributed by atoms with Crippen LogP contribution in [-0.2, 0) is 14.3 Å². The third-order valence-electron chi connectivity index (χ3n) is 9.05. The smallest absolute Gasteiger partial charge is 0.338 e. The van der Waals surface area contributed by atoms with E-state index in [9.17, 15) is 35.1 Å². The Labute approximate surface area is 208 Å². The molecule has 0 aromatic heterocycles. The molecule has 10 atom stereocenters. The molecule has 194 valence electrons. The zero-order valence-corrected chi connectivity index (χ0v) is 20.4. The molecule has 1 aliphatic heterocycles. The van der Waals surface area contributed by atoms with Crippen molar-refractivity contribution in [2.45, 2.75) is 67.9 Å². The van der Waals surface area contributed by atoms with Gasteiger partial charge in [0.1, 0.15) is 29.5 Å². The number of carbonyl (C=O) groups excluding carboxylic acids is 2. The number of aliphatic hydroxyl groups excluding tert-OH is 2. The van der Waals surface area contributed by atoms with E-state index in [0.29, 0.717) is 0 Å². The fraction of sp³-hybridized carbons (Fsp3) is 0.556. The molecule has 3 fully saturated rings. The van der Waals surface area contributed by atoms with Crippen LogP contribution in [0.4, 0.5) is 0 Å². The van der Waals surface area contributed by atoms with Gasteiger partial charge in [-0.1, -0.05) is 37.8 Å². The van der Waals surface area contributed by atoms with E-state index in [4.69, 9.17) is 9.47 Å². The number of esters is 1. The zero-order valence-electron chi connectivity index (χ0n) is 20.4. The minimum absolute atomic E-state index is 0.106. The van der Waals surface area contributed by atoms with Gasteiger partial charge < -0.3 is 35.0 Å². The van der Waals surface area contributed by atoms with Crippen LogP contribution in [0.25, 0.3) is 0 Å². The highest BCUT2D eigenvalue weighted by Crippen LogP contribution is 2.65. The minimum atomic E-state index is -2.48. The van der Waals surface area contributed by atoms with Gasteiger partial charge in [0.05, 0.1) is 23.7 Å². The lowest BCUT2D eigenvalue weighted by Gasteiger charge is -2.57. The van der Waals surface area contributed by atoms with E-state index >= 15 is 0 Å². The van der Waals surface area contributed by atoms with Crippen molar-refractivity contribution >= 4 is 11.8 Å². The Morgan fingerprint density at radius 3 is 2.44 bits per heavy atom. The highest BCUT2D eigenvalue weighted by Gasteiger charge is 2.83. The Bertz CT molecular complexity index is 1160. The first-order valence-corrected chi connectivity index (χ1v) is 12.1. The lowest BCUT2D eigenvalue weighted by Crippen LogP contribution is -2.71. The summed E-state index contributed by atoms with van der Waals surface area (Å²) < 4.78 is 11.7. The molecule has 1 heterocycles. The zero-order chi connectivity index (χ0) is 26.4. The molecule has 4 aliphatic rings. The van der Waals surface area contributed by atoms with Gasteiger partial charge in [0.25, 0.3) is 0 Å². The fourth-order valence-corrected chi connectivity index (χ4v) is 6.95. The number of ketones is 1.